The van der Waals surface area contributed by atoms with Crippen molar-refractivity contribution in [2.45, 2.75) is 133 Å². The van der Waals surface area contributed by atoms with E-state index in [4.69, 9.17) is 14.7 Å². The fraction of sp³-hybridized carbons (Fsp3) is 0.743. The molecule has 1 aromatic rings. The summed E-state index contributed by atoms with van der Waals surface area (Å²) in [6, 6.07) is 3.61. The van der Waals surface area contributed by atoms with E-state index in [0.29, 0.717) is 38.0 Å². The van der Waals surface area contributed by atoms with Crippen molar-refractivity contribution in [3.8, 4) is 11.5 Å². The van der Waals surface area contributed by atoms with Crippen molar-refractivity contribution < 1.29 is 48.6 Å². The maximum atomic E-state index is 13.0. The zero-order valence-corrected chi connectivity index (χ0v) is 27.4. The molecule has 2 saturated carbocycles. The van der Waals surface area contributed by atoms with E-state index in [2.05, 4.69) is 26.2 Å². The topological polar surface area (TPSA) is 141 Å². The van der Waals surface area contributed by atoms with Gasteiger partial charge in [-0.2, -0.15) is 4.79 Å². The molecule has 5 aliphatic rings. The minimum absolute atomic E-state index is 0.0120. The molecule has 1 unspecified atom stereocenters. The average molecular weight is 646 g/mol. The van der Waals surface area contributed by atoms with E-state index in [9.17, 15) is 19.5 Å². The second-order valence-corrected chi connectivity index (χ2v) is 13.6. The van der Waals surface area contributed by atoms with E-state index in [1.807, 2.05) is 6.07 Å². The van der Waals surface area contributed by atoms with E-state index in [0.717, 1.165) is 43.0 Å². The lowest BCUT2D eigenvalue weighted by Crippen LogP contribution is -2.76. The fourth-order valence-electron chi connectivity index (χ4n) is 8.18. The summed E-state index contributed by atoms with van der Waals surface area (Å²) >= 11 is 0. The van der Waals surface area contributed by atoms with Gasteiger partial charge in [-0.15, -0.1) is 0 Å². The standard InChI is InChI=1S/C22H25NO7.C13H26O3/c1-27-20(25)30-29-15-5-4-13-10-16-22(26)7-6-14(24)19-21(22,17(13)18(15)28-19)8-9-23(16)11-12-2-3-12;1-2-3-4-5-6-7-8-9-10-11-12-16-13(14)15/h4-5,12,16,19,26H,2-3,6-11H2,1H3;2-12H2,1H3,(H,14,15)/t16?,19-,21-,22+;/m0./s1. The lowest BCUT2D eigenvalue weighted by atomic mass is 9.49. The quantitative estimate of drug-likeness (QED) is 0.0935. The van der Waals surface area contributed by atoms with Gasteiger partial charge in [0.05, 0.1) is 24.7 Å². The maximum absolute atomic E-state index is 13.0. The SMILES string of the molecule is CCCCCCCCCCCCOC(=O)O.COC(=O)OOc1ccc2c3c1O[C@H]1C(=O)CC[C@@]4(O)C(C2)N(CC2CC2)CC[C@]314. The van der Waals surface area contributed by atoms with Crippen molar-refractivity contribution in [2.24, 2.45) is 5.92 Å². The highest BCUT2D eigenvalue weighted by Gasteiger charge is 2.73. The molecule has 1 spiro atoms. The molecule has 3 fully saturated rings. The Morgan fingerprint density at radius 1 is 1.02 bits per heavy atom. The first kappa shape index (κ1) is 34.3. The first-order valence-electron chi connectivity index (χ1n) is 17.4. The summed E-state index contributed by atoms with van der Waals surface area (Å²) in [6.07, 6.45) is 14.3. The Balaban J connectivity index is 0.000000224. The summed E-state index contributed by atoms with van der Waals surface area (Å²) in [6.45, 7) is 4.43. The smallest absolute Gasteiger partial charge is 0.477 e. The van der Waals surface area contributed by atoms with Crippen molar-refractivity contribution in [3.05, 3.63) is 23.3 Å². The van der Waals surface area contributed by atoms with Crippen LogP contribution in [0.1, 0.15) is 114 Å². The Labute approximate surface area is 271 Å². The van der Waals surface area contributed by atoms with Gasteiger partial charge in [0.1, 0.15) is 0 Å². The molecule has 2 N–H and O–H groups in total. The number of carbonyl (C=O) groups is 3. The summed E-state index contributed by atoms with van der Waals surface area (Å²) in [5, 5.41) is 20.4. The highest BCUT2D eigenvalue weighted by molar-refractivity contribution is 5.90. The molecule has 46 heavy (non-hydrogen) atoms. The van der Waals surface area contributed by atoms with Gasteiger partial charge in [-0.25, -0.2) is 9.68 Å². The van der Waals surface area contributed by atoms with Crippen molar-refractivity contribution >= 4 is 18.1 Å². The largest absolute Gasteiger partial charge is 0.549 e. The number of aliphatic hydroxyl groups is 1. The average Bonchev–Trinajstić information content (AvgIpc) is 3.79. The molecule has 4 atom stereocenters. The molecule has 2 aliphatic heterocycles. The molecule has 2 heterocycles. The van der Waals surface area contributed by atoms with Crippen LogP contribution in [0.2, 0.25) is 0 Å². The zero-order chi connectivity index (χ0) is 32.7. The molecule has 1 aromatic carbocycles. The highest BCUT2D eigenvalue weighted by atomic mass is 17.2. The Kier molecular flexibility index (Phi) is 11.4. The molecule has 2 bridgehead atoms. The third kappa shape index (κ3) is 7.10. The number of carboxylic acid groups (broad SMARTS) is 1. The number of hydrogen-bond acceptors (Lipinski definition) is 10. The minimum atomic E-state index is -1.16. The normalized spacial score (nSPS) is 27.1. The van der Waals surface area contributed by atoms with E-state index in [1.165, 1.54) is 71.3 Å². The van der Waals surface area contributed by atoms with Gasteiger partial charge >= 0.3 is 12.3 Å². The number of ether oxygens (including phenoxy) is 3. The summed E-state index contributed by atoms with van der Waals surface area (Å²) in [4.78, 5) is 46.7. The number of ketones is 1. The minimum Gasteiger partial charge on any atom is -0.477 e. The number of benzene rings is 1. The van der Waals surface area contributed by atoms with Crippen LogP contribution in [0.25, 0.3) is 0 Å². The van der Waals surface area contributed by atoms with Crippen LogP contribution in [0.5, 0.6) is 11.5 Å². The van der Waals surface area contributed by atoms with Gasteiger partial charge in [0.2, 0.25) is 5.75 Å². The van der Waals surface area contributed by atoms with Crippen LogP contribution < -0.4 is 9.62 Å². The summed E-state index contributed by atoms with van der Waals surface area (Å²) in [7, 11) is 1.19. The number of rotatable bonds is 15. The molecule has 11 nitrogen and oxygen atoms in total. The number of piperidine rings is 1. The Bertz CT molecular complexity index is 1230. The molecule has 1 saturated heterocycles. The van der Waals surface area contributed by atoms with Gasteiger partial charge in [-0.1, -0.05) is 70.8 Å². The number of hydrogen-bond donors (Lipinski definition) is 2. The zero-order valence-electron chi connectivity index (χ0n) is 27.4. The molecule has 0 radical (unpaired) electrons. The van der Waals surface area contributed by atoms with E-state index in [1.54, 1.807) is 6.07 Å². The summed E-state index contributed by atoms with van der Waals surface area (Å²) in [5.41, 5.74) is 0.124. The summed E-state index contributed by atoms with van der Waals surface area (Å²) in [5.74, 6) is 1.37. The van der Waals surface area contributed by atoms with Gasteiger partial charge in [-0.05, 0) is 62.6 Å². The van der Waals surface area contributed by atoms with Crippen molar-refractivity contribution in [1.29, 1.82) is 0 Å². The first-order valence-corrected chi connectivity index (χ1v) is 17.4. The van der Waals surface area contributed by atoms with Crippen LogP contribution in [0, 0.1) is 5.92 Å². The summed E-state index contributed by atoms with van der Waals surface area (Å²) < 4.78 is 15.1. The molecule has 256 valence electrons. The number of carbonyl (C=O) groups excluding carboxylic acids is 2. The molecular formula is C35H51NO10. The van der Waals surface area contributed by atoms with Crippen molar-refractivity contribution in [3.63, 3.8) is 0 Å². The molecular weight excluding hydrogens is 594 g/mol. The van der Waals surface area contributed by atoms with Crippen LogP contribution >= 0.6 is 0 Å². The van der Waals surface area contributed by atoms with E-state index < -0.39 is 29.4 Å². The predicted octanol–water partition coefficient (Wildman–Crippen LogP) is 6.50. The highest BCUT2D eigenvalue weighted by Crippen LogP contribution is 2.65. The van der Waals surface area contributed by atoms with Crippen LogP contribution in [0.4, 0.5) is 9.59 Å². The van der Waals surface area contributed by atoms with E-state index in [-0.39, 0.29) is 17.6 Å². The first-order chi connectivity index (χ1) is 22.2. The van der Waals surface area contributed by atoms with Gasteiger partial charge < -0.3 is 24.4 Å². The Hall–Kier alpha value is -3.05. The van der Waals surface area contributed by atoms with Gasteiger partial charge in [0.25, 0.3) is 0 Å². The predicted molar refractivity (Wildman–Crippen MR) is 168 cm³/mol. The Morgan fingerprint density at radius 2 is 1.72 bits per heavy atom. The number of nitrogens with zero attached hydrogens (tertiary/aromatic N) is 1. The van der Waals surface area contributed by atoms with Crippen LogP contribution in [-0.4, -0.2) is 77.8 Å². The maximum Gasteiger partial charge on any atom is 0.549 e. The van der Waals surface area contributed by atoms with Crippen LogP contribution in [0.3, 0.4) is 0 Å². The van der Waals surface area contributed by atoms with Crippen LogP contribution in [-0.2, 0) is 31.0 Å². The molecule has 6 rings (SSSR count). The fourth-order valence-corrected chi connectivity index (χ4v) is 8.18. The monoisotopic (exact) mass is 645 g/mol. The van der Waals surface area contributed by atoms with Gasteiger partial charge in [0, 0.05) is 24.6 Å². The number of Topliss-reactive ketones (excluding diaryl/α,β-unsaturated/α-hetero) is 1. The lowest BCUT2D eigenvalue weighted by molar-refractivity contribution is -0.189. The van der Waals surface area contributed by atoms with Crippen molar-refractivity contribution in [1.82, 2.24) is 4.90 Å². The lowest BCUT2D eigenvalue weighted by Gasteiger charge is -2.62. The number of likely N-dealkylation sites (tertiary alicyclic amines) is 1. The second kappa shape index (κ2) is 15.2. The van der Waals surface area contributed by atoms with E-state index >= 15 is 0 Å². The van der Waals surface area contributed by atoms with Gasteiger partial charge in [-0.3, -0.25) is 14.6 Å². The second-order valence-electron chi connectivity index (χ2n) is 13.6. The third-order valence-corrected chi connectivity index (χ3v) is 10.6. The molecule has 3 aliphatic carbocycles. The number of methoxy groups -OCH3 is 1. The van der Waals surface area contributed by atoms with Crippen molar-refractivity contribution in [2.75, 3.05) is 26.8 Å². The third-order valence-electron chi connectivity index (χ3n) is 10.6. The molecule has 0 aromatic heterocycles. The molecule has 0 amide bonds. The van der Waals surface area contributed by atoms with Crippen LogP contribution in [0.15, 0.2) is 12.1 Å². The number of unbranched alkanes of at least 4 members (excludes halogenated alkanes) is 9. The van der Waals surface area contributed by atoms with Gasteiger partial charge in [0.15, 0.2) is 17.6 Å². The molecule has 11 heteroatoms. The Morgan fingerprint density at radius 3 is 2.37 bits per heavy atom.